The minimum absolute atomic E-state index is 0.242. The van der Waals surface area contributed by atoms with Crippen LogP contribution in [0, 0.1) is 0 Å². The van der Waals surface area contributed by atoms with Crippen molar-refractivity contribution in [3.05, 3.63) is 0 Å². The molecule has 0 unspecified atom stereocenters. The molecule has 6 atom stereocenters. The molecule has 2 saturated heterocycles. The first kappa shape index (κ1) is 10.3. The van der Waals surface area contributed by atoms with Crippen LogP contribution in [-0.2, 0) is 0 Å². The number of hydrogen-bond donors (Lipinski definition) is 5. The van der Waals surface area contributed by atoms with E-state index >= 15 is 0 Å². The molecule has 6 N–H and O–H groups in total. The van der Waals surface area contributed by atoms with Crippen molar-refractivity contribution in [2.75, 3.05) is 13.2 Å². The largest absolute Gasteiger partial charge is 0.395 e. The molecule has 0 radical (unpaired) electrons. The fraction of sp³-hybridized carbons (Fsp3) is 1.00. The monoisotopic (exact) mass is 204 g/mol. The molecule has 2 fully saturated rings. The Morgan fingerprint density at radius 1 is 1.21 bits per heavy atom. The second-order valence-corrected chi connectivity index (χ2v) is 4.06. The molecule has 14 heavy (non-hydrogen) atoms. The van der Waals surface area contributed by atoms with Crippen LogP contribution in [0.25, 0.3) is 0 Å². The zero-order chi connectivity index (χ0) is 10.5. The first-order valence-electron chi connectivity index (χ1n) is 4.74. The highest BCUT2D eigenvalue weighted by Crippen LogP contribution is 2.32. The van der Waals surface area contributed by atoms with E-state index in [1.54, 1.807) is 4.90 Å². The summed E-state index contributed by atoms with van der Waals surface area (Å²) in [5, 5.41) is 37.8. The molecule has 0 aromatic heterocycles. The Kier molecular flexibility index (Phi) is 2.50. The van der Waals surface area contributed by atoms with Crippen LogP contribution >= 0.6 is 0 Å². The molecule has 2 heterocycles. The molecule has 0 amide bonds. The van der Waals surface area contributed by atoms with Gasteiger partial charge in [0.15, 0.2) is 0 Å². The summed E-state index contributed by atoms with van der Waals surface area (Å²) in [6.07, 6.45) is -2.67. The van der Waals surface area contributed by atoms with Gasteiger partial charge < -0.3 is 26.2 Å². The van der Waals surface area contributed by atoms with Crippen molar-refractivity contribution in [3.8, 4) is 0 Å². The van der Waals surface area contributed by atoms with Crippen molar-refractivity contribution in [2.45, 2.75) is 36.4 Å². The molecule has 2 rings (SSSR count). The Labute approximate surface area is 81.6 Å². The molecule has 82 valence electrons. The van der Waals surface area contributed by atoms with Crippen LogP contribution in [0.4, 0.5) is 0 Å². The predicted molar refractivity (Wildman–Crippen MR) is 47.4 cm³/mol. The Bertz CT molecular complexity index is 227. The fourth-order valence-corrected chi connectivity index (χ4v) is 2.53. The van der Waals surface area contributed by atoms with Crippen molar-refractivity contribution >= 4 is 0 Å². The zero-order valence-corrected chi connectivity index (χ0v) is 7.69. The molecule has 0 aromatic rings. The Balaban J connectivity index is 2.21. The molecule has 0 bridgehead atoms. The standard InChI is InChI=1S/C8H16N2O4/c9-5-4(12)1-10-3(2-11)7(13)8(14)6(5)10/h3-8,11-14H,1-2,9H2/t3-,4-,5-,6-,7+,8+/m0/s1. The van der Waals surface area contributed by atoms with Crippen molar-refractivity contribution < 1.29 is 20.4 Å². The van der Waals surface area contributed by atoms with E-state index in [1.807, 2.05) is 0 Å². The van der Waals surface area contributed by atoms with E-state index in [2.05, 4.69) is 0 Å². The SMILES string of the molecule is N[C@@H]1[C@H]2[C@@H](O)[C@H](O)[C@H](CO)N2C[C@@H]1O. The van der Waals surface area contributed by atoms with Crippen LogP contribution in [0.1, 0.15) is 0 Å². The van der Waals surface area contributed by atoms with Gasteiger partial charge in [-0.15, -0.1) is 0 Å². The summed E-state index contributed by atoms with van der Waals surface area (Å²) < 4.78 is 0. The first-order valence-corrected chi connectivity index (χ1v) is 4.74. The second kappa shape index (κ2) is 3.41. The number of hydrogen-bond acceptors (Lipinski definition) is 6. The second-order valence-electron chi connectivity index (χ2n) is 4.06. The minimum atomic E-state index is -0.987. The van der Waals surface area contributed by atoms with Gasteiger partial charge in [-0.1, -0.05) is 0 Å². The van der Waals surface area contributed by atoms with E-state index in [9.17, 15) is 15.3 Å². The lowest BCUT2D eigenvalue weighted by Gasteiger charge is -2.22. The summed E-state index contributed by atoms with van der Waals surface area (Å²) in [4.78, 5) is 1.69. The van der Waals surface area contributed by atoms with Gasteiger partial charge in [-0.3, -0.25) is 4.90 Å². The number of fused-ring (bicyclic) bond motifs is 1. The number of aliphatic hydroxyl groups is 4. The van der Waals surface area contributed by atoms with Crippen LogP contribution in [0.3, 0.4) is 0 Å². The molecular weight excluding hydrogens is 188 g/mol. The molecular formula is C8H16N2O4. The van der Waals surface area contributed by atoms with Crippen molar-refractivity contribution in [1.29, 1.82) is 0 Å². The van der Waals surface area contributed by atoms with Gasteiger partial charge >= 0.3 is 0 Å². The number of rotatable bonds is 1. The molecule has 0 saturated carbocycles. The average molecular weight is 204 g/mol. The molecule has 6 heteroatoms. The Morgan fingerprint density at radius 3 is 2.43 bits per heavy atom. The lowest BCUT2D eigenvalue weighted by molar-refractivity contribution is 0.00590. The molecule has 6 nitrogen and oxygen atoms in total. The Hall–Kier alpha value is -0.240. The molecule has 2 aliphatic heterocycles. The van der Waals surface area contributed by atoms with Gasteiger partial charge in [-0.25, -0.2) is 0 Å². The van der Waals surface area contributed by atoms with Gasteiger partial charge in [0.2, 0.25) is 0 Å². The lowest BCUT2D eigenvalue weighted by Crippen LogP contribution is -2.47. The van der Waals surface area contributed by atoms with E-state index in [0.717, 1.165) is 0 Å². The summed E-state index contributed by atoms with van der Waals surface area (Å²) >= 11 is 0. The third kappa shape index (κ3) is 1.19. The lowest BCUT2D eigenvalue weighted by atomic mass is 10.0. The van der Waals surface area contributed by atoms with Gasteiger partial charge in [-0.05, 0) is 0 Å². The van der Waals surface area contributed by atoms with Gasteiger partial charge in [0.25, 0.3) is 0 Å². The Morgan fingerprint density at radius 2 is 1.86 bits per heavy atom. The van der Waals surface area contributed by atoms with Gasteiger partial charge in [0.05, 0.1) is 37.0 Å². The highest BCUT2D eigenvalue weighted by molar-refractivity contribution is 5.11. The molecule has 0 aliphatic carbocycles. The maximum atomic E-state index is 9.66. The van der Waals surface area contributed by atoms with Gasteiger partial charge in [0.1, 0.15) is 0 Å². The average Bonchev–Trinajstić information content (AvgIpc) is 2.54. The van der Waals surface area contributed by atoms with Crippen LogP contribution in [0.2, 0.25) is 0 Å². The highest BCUT2D eigenvalue weighted by Gasteiger charge is 2.55. The van der Waals surface area contributed by atoms with E-state index in [1.165, 1.54) is 0 Å². The van der Waals surface area contributed by atoms with Crippen LogP contribution in [0.5, 0.6) is 0 Å². The summed E-state index contributed by atoms with van der Waals surface area (Å²) in [7, 11) is 0. The van der Waals surface area contributed by atoms with Gasteiger partial charge in [0, 0.05) is 12.6 Å². The topological polar surface area (TPSA) is 110 Å². The van der Waals surface area contributed by atoms with E-state index < -0.39 is 36.4 Å². The van der Waals surface area contributed by atoms with Crippen molar-refractivity contribution in [3.63, 3.8) is 0 Å². The molecule has 0 spiro atoms. The fourth-order valence-electron chi connectivity index (χ4n) is 2.53. The minimum Gasteiger partial charge on any atom is -0.395 e. The maximum Gasteiger partial charge on any atom is 0.0992 e. The van der Waals surface area contributed by atoms with E-state index in [4.69, 9.17) is 10.8 Å². The third-order valence-corrected chi connectivity index (χ3v) is 3.33. The number of nitrogens with zero attached hydrogens (tertiary/aromatic N) is 1. The van der Waals surface area contributed by atoms with Gasteiger partial charge in [-0.2, -0.15) is 0 Å². The number of aliphatic hydroxyl groups excluding tert-OH is 4. The van der Waals surface area contributed by atoms with Crippen LogP contribution in [-0.4, -0.2) is 74.9 Å². The normalized spacial score (nSPS) is 53.8. The molecule has 0 aromatic carbocycles. The third-order valence-electron chi connectivity index (χ3n) is 3.33. The summed E-state index contributed by atoms with van der Waals surface area (Å²) in [5.41, 5.74) is 5.69. The smallest absolute Gasteiger partial charge is 0.0992 e. The summed E-state index contributed by atoms with van der Waals surface area (Å²) in [5.74, 6) is 0. The molecule has 2 aliphatic rings. The van der Waals surface area contributed by atoms with Crippen LogP contribution in [0.15, 0.2) is 0 Å². The maximum absolute atomic E-state index is 9.66. The number of nitrogens with two attached hydrogens (primary N) is 1. The first-order chi connectivity index (χ1) is 6.57. The quantitative estimate of drug-likeness (QED) is 0.302. The summed E-state index contributed by atoms with van der Waals surface area (Å²) in [6, 6.07) is -1.52. The van der Waals surface area contributed by atoms with Crippen molar-refractivity contribution in [2.24, 2.45) is 5.73 Å². The van der Waals surface area contributed by atoms with Crippen LogP contribution < -0.4 is 5.73 Å². The highest BCUT2D eigenvalue weighted by atomic mass is 16.3. The summed E-state index contributed by atoms with van der Waals surface area (Å²) in [6.45, 7) is 0.0549. The van der Waals surface area contributed by atoms with E-state index in [-0.39, 0.29) is 6.61 Å². The predicted octanol–water partition coefficient (Wildman–Crippen LogP) is -3.54. The van der Waals surface area contributed by atoms with E-state index in [0.29, 0.717) is 6.54 Å². The zero-order valence-electron chi connectivity index (χ0n) is 7.69. The van der Waals surface area contributed by atoms with Crippen molar-refractivity contribution in [1.82, 2.24) is 4.90 Å².